The van der Waals surface area contributed by atoms with Gasteiger partial charge < -0.3 is 4.74 Å². The Morgan fingerprint density at radius 1 is 1.50 bits per heavy atom. The van der Waals surface area contributed by atoms with Crippen molar-refractivity contribution in [3.05, 3.63) is 35.4 Å². The van der Waals surface area contributed by atoms with Crippen molar-refractivity contribution in [2.75, 3.05) is 6.61 Å². The summed E-state index contributed by atoms with van der Waals surface area (Å²) in [4.78, 5) is 0. The SMILES string of the molecule is Cc1cccc(CC2(C)NC(C)CO2)c1.Cl. The van der Waals surface area contributed by atoms with Crippen molar-refractivity contribution < 1.29 is 4.74 Å². The van der Waals surface area contributed by atoms with Crippen LogP contribution in [0.2, 0.25) is 0 Å². The van der Waals surface area contributed by atoms with E-state index in [1.54, 1.807) is 0 Å². The molecule has 1 fully saturated rings. The number of halogens is 1. The quantitative estimate of drug-likeness (QED) is 0.860. The molecule has 0 spiro atoms. The maximum Gasteiger partial charge on any atom is 0.120 e. The van der Waals surface area contributed by atoms with Gasteiger partial charge in [0.05, 0.1) is 6.61 Å². The summed E-state index contributed by atoms with van der Waals surface area (Å²) in [5.41, 5.74) is 2.45. The molecule has 16 heavy (non-hydrogen) atoms. The van der Waals surface area contributed by atoms with Crippen molar-refractivity contribution in [1.82, 2.24) is 5.32 Å². The number of nitrogens with one attached hydrogen (secondary N) is 1. The van der Waals surface area contributed by atoms with Crippen LogP contribution >= 0.6 is 12.4 Å². The predicted octanol–water partition coefficient (Wildman–Crippen LogP) is 2.68. The first-order chi connectivity index (χ1) is 7.07. The molecule has 2 nitrogen and oxygen atoms in total. The highest BCUT2D eigenvalue weighted by molar-refractivity contribution is 5.85. The van der Waals surface area contributed by atoms with Gasteiger partial charge in [0, 0.05) is 12.5 Å². The van der Waals surface area contributed by atoms with Crippen LogP contribution in [0.4, 0.5) is 0 Å². The molecule has 0 aromatic heterocycles. The van der Waals surface area contributed by atoms with Crippen LogP contribution in [-0.4, -0.2) is 18.4 Å². The Bertz CT molecular complexity index is 356. The predicted molar refractivity (Wildman–Crippen MR) is 69.1 cm³/mol. The first kappa shape index (κ1) is 13.5. The zero-order valence-corrected chi connectivity index (χ0v) is 10.9. The van der Waals surface area contributed by atoms with E-state index in [1.165, 1.54) is 11.1 Å². The van der Waals surface area contributed by atoms with Gasteiger partial charge >= 0.3 is 0 Å². The Hall–Kier alpha value is -0.570. The van der Waals surface area contributed by atoms with E-state index >= 15 is 0 Å². The lowest BCUT2D eigenvalue weighted by Gasteiger charge is -2.24. The zero-order chi connectivity index (χ0) is 10.9. The molecular formula is C13H20ClNO. The van der Waals surface area contributed by atoms with Crippen LogP contribution in [-0.2, 0) is 11.2 Å². The molecule has 2 unspecified atom stereocenters. The lowest BCUT2D eigenvalue weighted by Crippen LogP contribution is -2.42. The molecular weight excluding hydrogens is 222 g/mol. The Kier molecular flexibility index (Phi) is 4.36. The second kappa shape index (κ2) is 5.17. The lowest BCUT2D eigenvalue weighted by atomic mass is 10.0. The molecule has 1 N–H and O–H groups in total. The number of rotatable bonds is 2. The maximum atomic E-state index is 5.79. The van der Waals surface area contributed by atoms with Crippen LogP contribution < -0.4 is 5.32 Å². The number of benzene rings is 1. The zero-order valence-electron chi connectivity index (χ0n) is 10.1. The van der Waals surface area contributed by atoms with Crippen LogP contribution in [0.5, 0.6) is 0 Å². The lowest BCUT2D eigenvalue weighted by molar-refractivity contribution is 0.00690. The molecule has 1 aromatic rings. The molecule has 2 rings (SSSR count). The van der Waals surface area contributed by atoms with E-state index in [1.807, 2.05) is 0 Å². The fourth-order valence-corrected chi connectivity index (χ4v) is 2.23. The van der Waals surface area contributed by atoms with Gasteiger partial charge in [0.2, 0.25) is 0 Å². The fraction of sp³-hybridized carbons (Fsp3) is 0.538. The molecule has 0 bridgehead atoms. The van der Waals surface area contributed by atoms with Crippen LogP contribution in [0.1, 0.15) is 25.0 Å². The number of ether oxygens (including phenoxy) is 1. The first-order valence-corrected chi connectivity index (χ1v) is 5.55. The third-order valence-corrected chi connectivity index (χ3v) is 2.83. The average Bonchev–Trinajstić information content (AvgIpc) is 2.45. The summed E-state index contributed by atoms with van der Waals surface area (Å²) in [5, 5.41) is 3.48. The molecule has 90 valence electrons. The van der Waals surface area contributed by atoms with E-state index in [0.717, 1.165) is 13.0 Å². The van der Waals surface area contributed by atoms with Crippen LogP contribution in [0.15, 0.2) is 24.3 Å². The first-order valence-electron chi connectivity index (χ1n) is 5.55. The van der Waals surface area contributed by atoms with Gasteiger partial charge in [-0.15, -0.1) is 12.4 Å². The van der Waals surface area contributed by atoms with E-state index < -0.39 is 0 Å². The van der Waals surface area contributed by atoms with E-state index in [9.17, 15) is 0 Å². The van der Waals surface area contributed by atoms with Gasteiger partial charge in [-0.25, -0.2) is 0 Å². The largest absolute Gasteiger partial charge is 0.359 e. The summed E-state index contributed by atoms with van der Waals surface area (Å²) in [5.74, 6) is 0. The van der Waals surface area contributed by atoms with Gasteiger partial charge in [0.15, 0.2) is 0 Å². The van der Waals surface area contributed by atoms with Gasteiger partial charge in [-0.1, -0.05) is 29.8 Å². The Balaban J connectivity index is 0.00000128. The Morgan fingerprint density at radius 3 is 2.81 bits per heavy atom. The van der Waals surface area contributed by atoms with Crippen LogP contribution in [0, 0.1) is 6.92 Å². The molecule has 1 aliphatic heterocycles. The highest BCUT2D eigenvalue weighted by Gasteiger charge is 2.33. The molecule has 2 atom stereocenters. The fourth-order valence-electron chi connectivity index (χ4n) is 2.23. The molecule has 0 amide bonds. The van der Waals surface area contributed by atoms with Crippen molar-refractivity contribution in [1.29, 1.82) is 0 Å². The topological polar surface area (TPSA) is 21.3 Å². The van der Waals surface area contributed by atoms with E-state index in [4.69, 9.17) is 4.74 Å². The third-order valence-electron chi connectivity index (χ3n) is 2.83. The van der Waals surface area contributed by atoms with Crippen molar-refractivity contribution in [3.63, 3.8) is 0 Å². The second-order valence-corrected chi connectivity index (χ2v) is 4.75. The van der Waals surface area contributed by atoms with E-state index in [-0.39, 0.29) is 18.1 Å². The van der Waals surface area contributed by atoms with Gasteiger partial charge in [0.1, 0.15) is 5.72 Å². The van der Waals surface area contributed by atoms with Crippen molar-refractivity contribution >= 4 is 12.4 Å². The van der Waals surface area contributed by atoms with Crippen LogP contribution in [0.3, 0.4) is 0 Å². The molecule has 0 radical (unpaired) electrons. The Labute approximate surface area is 104 Å². The molecule has 1 saturated heterocycles. The maximum absolute atomic E-state index is 5.79. The van der Waals surface area contributed by atoms with Gasteiger partial charge in [-0.3, -0.25) is 5.32 Å². The summed E-state index contributed by atoms with van der Waals surface area (Å²) in [6.07, 6.45) is 0.930. The standard InChI is InChI=1S/C13H19NO.ClH/c1-10-5-4-6-12(7-10)8-13(3)14-11(2)9-15-13;/h4-7,11,14H,8-9H2,1-3H3;1H. The molecule has 1 aromatic carbocycles. The van der Waals surface area contributed by atoms with Crippen molar-refractivity contribution in [3.8, 4) is 0 Å². The van der Waals surface area contributed by atoms with Crippen molar-refractivity contribution in [2.24, 2.45) is 0 Å². The summed E-state index contributed by atoms with van der Waals surface area (Å²) in [6.45, 7) is 7.21. The monoisotopic (exact) mass is 241 g/mol. The van der Waals surface area contributed by atoms with Gasteiger partial charge in [-0.2, -0.15) is 0 Å². The minimum atomic E-state index is -0.187. The number of aryl methyl sites for hydroxylation is 1. The number of hydrogen-bond acceptors (Lipinski definition) is 2. The van der Waals surface area contributed by atoms with E-state index in [2.05, 4.69) is 50.4 Å². The van der Waals surface area contributed by atoms with Gasteiger partial charge in [-0.05, 0) is 26.3 Å². The molecule has 0 aliphatic carbocycles. The molecule has 3 heteroatoms. The minimum Gasteiger partial charge on any atom is -0.359 e. The second-order valence-electron chi connectivity index (χ2n) is 4.75. The summed E-state index contributed by atoms with van der Waals surface area (Å²) in [6, 6.07) is 9.06. The summed E-state index contributed by atoms with van der Waals surface area (Å²) >= 11 is 0. The Morgan fingerprint density at radius 2 is 2.25 bits per heavy atom. The highest BCUT2D eigenvalue weighted by Crippen LogP contribution is 2.21. The summed E-state index contributed by atoms with van der Waals surface area (Å²) in [7, 11) is 0. The molecule has 1 heterocycles. The third kappa shape index (κ3) is 3.21. The number of hydrogen-bond donors (Lipinski definition) is 1. The van der Waals surface area contributed by atoms with Crippen molar-refractivity contribution in [2.45, 2.75) is 39.0 Å². The minimum absolute atomic E-state index is 0. The average molecular weight is 242 g/mol. The summed E-state index contributed by atoms with van der Waals surface area (Å²) < 4.78 is 5.79. The van der Waals surface area contributed by atoms with Gasteiger partial charge in [0.25, 0.3) is 0 Å². The molecule has 1 aliphatic rings. The van der Waals surface area contributed by atoms with E-state index in [0.29, 0.717) is 6.04 Å². The highest BCUT2D eigenvalue weighted by atomic mass is 35.5. The normalized spacial score (nSPS) is 28.8. The van der Waals surface area contributed by atoms with Crippen LogP contribution in [0.25, 0.3) is 0 Å². The molecule has 0 saturated carbocycles. The smallest absolute Gasteiger partial charge is 0.120 e.